The standard InChI is InChI=1S/C13H4BrF14N3O3/c14-5-3-4(30(33)34)1-2-6(5)29-7(32)8(15,9(16,17)18)31(12(25,26)10(19,20)21)13(27,28)11(22,23)24/h1-3H,(H,29,32). The second-order valence-corrected chi connectivity index (χ2v) is 6.76. The van der Waals surface area contributed by atoms with Gasteiger partial charge in [0, 0.05) is 16.6 Å². The molecule has 0 heterocycles. The molecule has 0 saturated heterocycles. The van der Waals surface area contributed by atoms with Crippen molar-refractivity contribution in [3.8, 4) is 0 Å². The van der Waals surface area contributed by atoms with Gasteiger partial charge in [-0.15, -0.1) is 4.90 Å². The SMILES string of the molecule is O=C(Nc1ccc([N+](=O)[O-])cc1Br)C(F)(N(C(F)(F)C(F)(F)F)C(F)(F)C(F)(F)F)C(F)(F)F. The van der Waals surface area contributed by atoms with Gasteiger partial charge >= 0.3 is 36.4 Å². The molecule has 34 heavy (non-hydrogen) atoms. The van der Waals surface area contributed by atoms with Crippen LogP contribution in [0, 0.1) is 10.1 Å². The fourth-order valence-corrected chi connectivity index (χ4v) is 2.56. The van der Waals surface area contributed by atoms with Gasteiger partial charge in [0.15, 0.2) is 0 Å². The molecular weight excluding hydrogens is 592 g/mol. The lowest BCUT2D eigenvalue weighted by atomic mass is 10.1. The predicted molar refractivity (Wildman–Crippen MR) is 83.2 cm³/mol. The molecule has 1 rings (SSSR count). The summed E-state index contributed by atoms with van der Waals surface area (Å²) in [5.74, 6) is -11.3. The lowest BCUT2D eigenvalue weighted by Crippen LogP contribution is -2.77. The quantitative estimate of drug-likeness (QED) is 0.186. The Bertz CT molecular complexity index is 935. The van der Waals surface area contributed by atoms with E-state index in [4.69, 9.17) is 0 Å². The number of benzene rings is 1. The van der Waals surface area contributed by atoms with Crippen LogP contribution in [-0.4, -0.2) is 52.1 Å². The van der Waals surface area contributed by atoms with Crippen LogP contribution in [0.3, 0.4) is 0 Å². The normalized spacial score (nSPS) is 15.8. The Balaban J connectivity index is 3.87. The number of carbonyl (C=O) groups excluding carboxylic acids is 1. The van der Waals surface area contributed by atoms with Gasteiger partial charge in [-0.1, -0.05) is 0 Å². The molecule has 1 amide bonds. The largest absolute Gasteiger partial charge is 0.469 e. The van der Waals surface area contributed by atoms with Crippen LogP contribution in [0.5, 0.6) is 0 Å². The highest BCUT2D eigenvalue weighted by Gasteiger charge is 2.86. The van der Waals surface area contributed by atoms with Crippen LogP contribution < -0.4 is 5.32 Å². The molecule has 0 aliphatic heterocycles. The van der Waals surface area contributed by atoms with Crippen molar-refractivity contribution >= 4 is 33.2 Å². The fraction of sp³-hybridized carbons (Fsp3) is 0.462. The number of anilines is 1. The molecule has 0 bridgehead atoms. The Morgan fingerprint density at radius 2 is 1.24 bits per heavy atom. The number of rotatable bonds is 6. The van der Waals surface area contributed by atoms with Crippen LogP contribution in [0.1, 0.15) is 0 Å². The van der Waals surface area contributed by atoms with Crippen molar-refractivity contribution in [2.24, 2.45) is 0 Å². The molecular formula is C13H4BrF14N3O3. The van der Waals surface area contributed by atoms with Gasteiger partial charge in [0.2, 0.25) is 0 Å². The van der Waals surface area contributed by atoms with Crippen molar-refractivity contribution in [3.05, 3.63) is 32.8 Å². The number of hydrogen-bond acceptors (Lipinski definition) is 4. The molecule has 1 atom stereocenters. The molecule has 0 aromatic heterocycles. The first-order valence-corrected chi connectivity index (χ1v) is 8.33. The minimum Gasteiger partial charge on any atom is -0.321 e. The van der Waals surface area contributed by atoms with Gasteiger partial charge in [0.1, 0.15) is 0 Å². The van der Waals surface area contributed by atoms with E-state index >= 15 is 0 Å². The van der Waals surface area contributed by atoms with Crippen molar-refractivity contribution in [2.75, 3.05) is 5.32 Å². The first-order valence-electron chi connectivity index (χ1n) is 7.54. The lowest BCUT2D eigenvalue weighted by molar-refractivity contribution is -0.476. The second-order valence-electron chi connectivity index (χ2n) is 5.91. The van der Waals surface area contributed by atoms with Crippen LogP contribution in [0.4, 0.5) is 72.8 Å². The average molecular weight is 596 g/mol. The van der Waals surface area contributed by atoms with Crippen LogP contribution in [-0.2, 0) is 4.79 Å². The molecule has 1 aromatic rings. The third kappa shape index (κ3) is 4.98. The van der Waals surface area contributed by atoms with E-state index in [0.717, 1.165) is 0 Å². The second kappa shape index (κ2) is 8.64. The number of non-ortho nitro benzene ring substituents is 1. The number of halogens is 15. The number of alkyl halides is 14. The molecule has 0 spiro atoms. The Labute approximate surface area is 184 Å². The number of nitro benzene ring substituents is 1. The predicted octanol–water partition coefficient (Wildman–Crippen LogP) is 6.14. The van der Waals surface area contributed by atoms with Gasteiger partial charge in [-0.25, -0.2) is 4.39 Å². The van der Waals surface area contributed by atoms with E-state index in [9.17, 15) is 76.4 Å². The van der Waals surface area contributed by atoms with Gasteiger partial charge in [-0.2, -0.15) is 57.1 Å². The van der Waals surface area contributed by atoms with Crippen LogP contribution in [0.2, 0.25) is 0 Å². The molecule has 0 radical (unpaired) electrons. The molecule has 1 unspecified atom stereocenters. The maximum atomic E-state index is 14.7. The van der Waals surface area contributed by atoms with Gasteiger partial charge in [-0.3, -0.25) is 14.9 Å². The summed E-state index contributed by atoms with van der Waals surface area (Å²) in [7, 11) is 0. The van der Waals surface area contributed by atoms with E-state index in [1.165, 1.54) is 0 Å². The van der Waals surface area contributed by atoms with Gasteiger partial charge in [-0.05, 0) is 22.0 Å². The number of carbonyl (C=O) groups is 1. The molecule has 0 fully saturated rings. The van der Waals surface area contributed by atoms with Crippen molar-refractivity contribution in [1.82, 2.24) is 4.90 Å². The van der Waals surface area contributed by atoms with E-state index in [-0.39, 0.29) is 6.07 Å². The summed E-state index contributed by atoms with van der Waals surface area (Å²) in [5, 5.41) is 11.2. The van der Waals surface area contributed by atoms with Crippen molar-refractivity contribution < 1.29 is 71.2 Å². The zero-order valence-electron chi connectivity index (χ0n) is 15.0. The van der Waals surface area contributed by atoms with Crippen molar-refractivity contribution in [3.63, 3.8) is 0 Å². The third-order valence-electron chi connectivity index (χ3n) is 3.64. The molecule has 6 nitrogen and oxygen atoms in total. The summed E-state index contributed by atoms with van der Waals surface area (Å²) < 4.78 is 183. The number of nitrogens with zero attached hydrogens (tertiary/aromatic N) is 2. The summed E-state index contributed by atoms with van der Waals surface area (Å²) in [5.41, 5.74) is -2.17. The highest BCUT2D eigenvalue weighted by atomic mass is 79.9. The summed E-state index contributed by atoms with van der Waals surface area (Å²) in [6.07, 6.45) is -23.0. The molecule has 194 valence electrons. The number of nitro groups is 1. The highest BCUT2D eigenvalue weighted by molar-refractivity contribution is 9.10. The maximum absolute atomic E-state index is 14.7. The van der Waals surface area contributed by atoms with E-state index in [2.05, 4.69) is 15.9 Å². The van der Waals surface area contributed by atoms with E-state index in [1.807, 2.05) is 0 Å². The van der Waals surface area contributed by atoms with Gasteiger partial charge in [0.05, 0.1) is 10.6 Å². The summed E-state index contributed by atoms with van der Waals surface area (Å²) in [6, 6.07) is -15.0. The van der Waals surface area contributed by atoms with Gasteiger partial charge < -0.3 is 5.32 Å². The Morgan fingerprint density at radius 3 is 1.53 bits per heavy atom. The number of hydrogen-bond donors (Lipinski definition) is 1. The van der Waals surface area contributed by atoms with Crippen LogP contribution in [0.25, 0.3) is 0 Å². The van der Waals surface area contributed by atoms with E-state index in [1.54, 1.807) is 0 Å². The van der Waals surface area contributed by atoms with E-state index < -0.39 is 68.0 Å². The summed E-state index contributed by atoms with van der Waals surface area (Å²) in [6.45, 7) is 0. The number of amides is 1. The third-order valence-corrected chi connectivity index (χ3v) is 4.30. The minimum absolute atomic E-state index is 0.227. The zero-order valence-corrected chi connectivity index (χ0v) is 16.6. The molecule has 1 N–H and O–H groups in total. The maximum Gasteiger partial charge on any atom is 0.469 e. The first kappa shape index (κ1) is 29.6. The van der Waals surface area contributed by atoms with Crippen LogP contribution in [0.15, 0.2) is 22.7 Å². The lowest BCUT2D eigenvalue weighted by Gasteiger charge is -2.45. The Morgan fingerprint density at radius 1 is 0.824 bits per heavy atom. The monoisotopic (exact) mass is 595 g/mol. The summed E-state index contributed by atoms with van der Waals surface area (Å²) >= 11 is 2.35. The van der Waals surface area contributed by atoms with Crippen molar-refractivity contribution in [1.29, 1.82) is 0 Å². The highest BCUT2D eigenvalue weighted by Crippen LogP contribution is 2.56. The Hall–Kier alpha value is -2.45. The number of nitrogens with one attached hydrogen (secondary N) is 1. The summed E-state index contributed by atoms with van der Waals surface area (Å²) in [4.78, 5) is 17.0. The molecule has 0 aliphatic carbocycles. The smallest absolute Gasteiger partial charge is 0.321 e. The minimum atomic E-state index is -7.94. The first-order chi connectivity index (χ1) is 14.8. The topological polar surface area (TPSA) is 75.5 Å². The fourth-order valence-electron chi connectivity index (χ4n) is 2.10. The molecule has 0 saturated carbocycles. The zero-order chi connectivity index (χ0) is 27.3. The molecule has 1 aromatic carbocycles. The van der Waals surface area contributed by atoms with Gasteiger partial charge in [0.25, 0.3) is 11.6 Å². The molecule has 21 heteroatoms. The van der Waals surface area contributed by atoms with Crippen molar-refractivity contribution in [2.45, 2.75) is 36.4 Å². The van der Waals surface area contributed by atoms with E-state index in [0.29, 0.717) is 17.4 Å². The molecule has 0 aliphatic rings. The Kier molecular flexibility index (Phi) is 7.52. The van der Waals surface area contributed by atoms with Crippen LogP contribution >= 0.6 is 15.9 Å². The average Bonchev–Trinajstić information content (AvgIpc) is 2.59.